The summed E-state index contributed by atoms with van der Waals surface area (Å²) in [7, 11) is 1.61. The van der Waals surface area contributed by atoms with E-state index in [-0.39, 0.29) is 18.2 Å². The lowest BCUT2D eigenvalue weighted by molar-refractivity contribution is -0.142. The van der Waals surface area contributed by atoms with Gasteiger partial charge in [0.15, 0.2) is 6.04 Å². The number of carboxylic acid groups (broad SMARTS) is 1. The topological polar surface area (TPSA) is 84.9 Å². The van der Waals surface area contributed by atoms with E-state index in [2.05, 4.69) is 5.32 Å². The average Bonchev–Trinajstić information content (AvgIpc) is 3.18. The van der Waals surface area contributed by atoms with E-state index in [0.717, 1.165) is 35.5 Å². The van der Waals surface area contributed by atoms with Crippen LogP contribution in [-0.4, -0.2) is 30.7 Å². The Hall–Kier alpha value is -3.02. The quantitative estimate of drug-likeness (QED) is 0.729. The number of benzene rings is 2. The summed E-state index contributed by atoms with van der Waals surface area (Å²) in [6.45, 7) is 2.61. The molecule has 6 nitrogen and oxygen atoms in total. The zero-order valence-electron chi connectivity index (χ0n) is 16.1. The largest absolute Gasteiger partial charge is 0.497 e. The van der Waals surface area contributed by atoms with Gasteiger partial charge >= 0.3 is 5.97 Å². The minimum Gasteiger partial charge on any atom is -0.497 e. The summed E-state index contributed by atoms with van der Waals surface area (Å²) < 4.78 is 10.6. The fourth-order valence-electron chi connectivity index (χ4n) is 3.49. The summed E-state index contributed by atoms with van der Waals surface area (Å²) in [4.78, 5) is 24.4. The standard InChI is InChI=1S/C22H25NO5/c1-3-14(15-4-7-18(27-2)8-5-15)13-20(24)23-21(22(25)26)17-6-9-19-16(12-17)10-11-28-19/h4-9,12,14,21H,3,10-11,13H2,1-2H3,(H,23,24)(H,25,26). The maximum atomic E-state index is 12.6. The molecule has 0 saturated carbocycles. The van der Waals surface area contributed by atoms with Crippen molar-refractivity contribution in [2.75, 3.05) is 13.7 Å². The average molecular weight is 383 g/mol. The summed E-state index contributed by atoms with van der Waals surface area (Å²) in [5.41, 5.74) is 2.56. The number of ether oxygens (including phenoxy) is 2. The summed E-state index contributed by atoms with van der Waals surface area (Å²) >= 11 is 0. The van der Waals surface area contributed by atoms with Gasteiger partial charge in [0, 0.05) is 12.8 Å². The fourth-order valence-corrected chi connectivity index (χ4v) is 3.49. The third kappa shape index (κ3) is 4.44. The van der Waals surface area contributed by atoms with E-state index in [1.165, 1.54) is 0 Å². The number of carbonyl (C=O) groups excluding carboxylic acids is 1. The van der Waals surface area contributed by atoms with Gasteiger partial charge < -0.3 is 19.9 Å². The molecule has 2 aromatic carbocycles. The predicted octanol–water partition coefficient (Wildman–Crippen LogP) is 3.46. The van der Waals surface area contributed by atoms with Crippen LogP contribution in [0.25, 0.3) is 0 Å². The molecule has 2 unspecified atom stereocenters. The maximum Gasteiger partial charge on any atom is 0.330 e. The zero-order chi connectivity index (χ0) is 20.1. The summed E-state index contributed by atoms with van der Waals surface area (Å²) in [6, 6.07) is 11.8. The Bertz CT molecular complexity index is 847. The summed E-state index contributed by atoms with van der Waals surface area (Å²) in [6.07, 6.45) is 1.74. The van der Waals surface area contributed by atoms with Crippen LogP contribution in [0.3, 0.4) is 0 Å². The van der Waals surface area contributed by atoms with E-state index >= 15 is 0 Å². The number of carboxylic acids is 1. The lowest BCUT2D eigenvalue weighted by atomic mass is 9.92. The number of hydrogen-bond donors (Lipinski definition) is 2. The van der Waals surface area contributed by atoms with Crippen molar-refractivity contribution in [2.45, 2.75) is 38.1 Å². The van der Waals surface area contributed by atoms with Crippen LogP contribution in [-0.2, 0) is 16.0 Å². The summed E-state index contributed by atoms with van der Waals surface area (Å²) in [5, 5.41) is 12.3. The van der Waals surface area contributed by atoms with Crippen molar-refractivity contribution in [3.63, 3.8) is 0 Å². The fraction of sp³-hybridized carbons (Fsp3) is 0.364. The van der Waals surface area contributed by atoms with Crippen molar-refractivity contribution in [1.29, 1.82) is 0 Å². The Labute approximate surface area is 164 Å². The van der Waals surface area contributed by atoms with E-state index in [9.17, 15) is 14.7 Å². The van der Waals surface area contributed by atoms with Gasteiger partial charge in [0.1, 0.15) is 11.5 Å². The molecule has 0 spiro atoms. The molecular weight excluding hydrogens is 358 g/mol. The Morgan fingerprint density at radius 3 is 2.54 bits per heavy atom. The van der Waals surface area contributed by atoms with Crippen molar-refractivity contribution >= 4 is 11.9 Å². The van der Waals surface area contributed by atoms with Crippen LogP contribution in [0, 0.1) is 0 Å². The molecule has 0 fully saturated rings. The molecule has 0 aromatic heterocycles. The molecule has 148 valence electrons. The minimum absolute atomic E-state index is 0.00812. The molecule has 1 aliphatic heterocycles. The van der Waals surface area contributed by atoms with Crippen LogP contribution in [0.5, 0.6) is 11.5 Å². The SMILES string of the molecule is CCC(CC(=O)NC(C(=O)O)c1ccc2c(c1)CCO2)c1ccc(OC)cc1. The molecule has 0 bridgehead atoms. The Morgan fingerprint density at radius 2 is 1.89 bits per heavy atom. The number of methoxy groups -OCH3 is 1. The van der Waals surface area contributed by atoms with Crippen LogP contribution >= 0.6 is 0 Å². The van der Waals surface area contributed by atoms with E-state index in [0.29, 0.717) is 12.2 Å². The number of fused-ring (bicyclic) bond motifs is 1. The van der Waals surface area contributed by atoms with Crippen molar-refractivity contribution in [3.05, 3.63) is 59.2 Å². The molecule has 28 heavy (non-hydrogen) atoms. The number of carbonyl (C=O) groups is 2. The van der Waals surface area contributed by atoms with Gasteiger partial charge in [-0.05, 0) is 53.3 Å². The highest BCUT2D eigenvalue weighted by Crippen LogP contribution is 2.29. The molecule has 1 heterocycles. The number of amides is 1. The van der Waals surface area contributed by atoms with Crippen LogP contribution in [0.15, 0.2) is 42.5 Å². The van der Waals surface area contributed by atoms with Crippen LogP contribution in [0.1, 0.15) is 48.4 Å². The Balaban J connectivity index is 1.70. The molecule has 2 N–H and O–H groups in total. The lowest BCUT2D eigenvalue weighted by Crippen LogP contribution is -2.34. The molecular formula is C22H25NO5. The number of rotatable bonds is 8. The lowest BCUT2D eigenvalue weighted by Gasteiger charge is -2.19. The number of nitrogens with one attached hydrogen (secondary N) is 1. The summed E-state index contributed by atoms with van der Waals surface area (Å²) in [5.74, 6) is 0.185. The van der Waals surface area contributed by atoms with Gasteiger partial charge in [-0.1, -0.05) is 25.1 Å². The molecule has 0 radical (unpaired) electrons. The first kappa shape index (κ1) is 19.7. The number of aliphatic carboxylic acids is 1. The first-order valence-electron chi connectivity index (χ1n) is 9.43. The molecule has 2 atom stereocenters. The Morgan fingerprint density at radius 1 is 1.18 bits per heavy atom. The van der Waals surface area contributed by atoms with Crippen molar-refractivity contribution < 1.29 is 24.2 Å². The maximum absolute atomic E-state index is 12.6. The number of hydrogen-bond acceptors (Lipinski definition) is 4. The first-order chi connectivity index (χ1) is 13.5. The van der Waals surface area contributed by atoms with E-state index in [1.54, 1.807) is 19.2 Å². The van der Waals surface area contributed by atoms with Crippen LogP contribution in [0.2, 0.25) is 0 Å². The highest BCUT2D eigenvalue weighted by atomic mass is 16.5. The second-order valence-electron chi connectivity index (χ2n) is 6.89. The van der Waals surface area contributed by atoms with Crippen molar-refractivity contribution in [3.8, 4) is 11.5 Å². The molecule has 1 amide bonds. The van der Waals surface area contributed by atoms with Gasteiger partial charge in [-0.25, -0.2) is 4.79 Å². The van der Waals surface area contributed by atoms with Crippen molar-refractivity contribution in [2.24, 2.45) is 0 Å². The van der Waals surface area contributed by atoms with Gasteiger partial charge in [0.05, 0.1) is 13.7 Å². The third-order valence-corrected chi connectivity index (χ3v) is 5.11. The van der Waals surface area contributed by atoms with Gasteiger partial charge in [0.2, 0.25) is 5.91 Å². The molecule has 3 rings (SSSR count). The molecule has 0 saturated heterocycles. The van der Waals surface area contributed by atoms with E-state index < -0.39 is 12.0 Å². The van der Waals surface area contributed by atoms with Gasteiger partial charge in [-0.2, -0.15) is 0 Å². The van der Waals surface area contributed by atoms with Gasteiger partial charge in [-0.15, -0.1) is 0 Å². The highest BCUT2D eigenvalue weighted by molar-refractivity contribution is 5.85. The minimum atomic E-state index is -1.08. The second-order valence-corrected chi connectivity index (χ2v) is 6.89. The van der Waals surface area contributed by atoms with Crippen LogP contribution in [0.4, 0.5) is 0 Å². The Kier molecular flexibility index (Phi) is 6.19. The normalized spacial score (nSPS) is 14.5. The molecule has 0 aliphatic carbocycles. The molecule has 1 aliphatic rings. The monoisotopic (exact) mass is 383 g/mol. The zero-order valence-corrected chi connectivity index (χ0v) is 16.1. The smallest absolute Gasteiger partial charge is 0.330 e. The van der Waals surface area contributed by atoms with Gasteiger partial charge in [-0.3, -0.25) is 4.79 Å². The van der Waals surface area contributed by atoms with Crippen molar-refractivity contribution in [1.82, 2.24) is 5.32 Å². The van der Waals surface area contributed by atoms with E-state index in [1.807, 2.05) is 37.3 Å². The second kappa shape index (κ2) is 8.78. The third-order valence-electron chi connectivity index (χ3n) is 5.11. The highest BCUT2D eigenvalue weighted by Gasteiger charge is 2.25. The molecule has 6 heteroatoms. The molecule has 2 aromatic rings. The van der Waals surface area contributed by atoms with Crippen LogP contribution < -0.4 is 14.8 Å². The van der Waals surface area contributed by atoms with Gasteiger partial charge in [0.25, 0.3) is 0 Å². The first-order valence-corrected chi connectivity index (χ1v) is 9.43. The van der Waals surface area contributed by atoms with E-state index in [4.69, 9.17) is 9.47 Å². The predicted molar refractivity (Wildman–Crippen MR) is 105 cm³/mol.